The minimum Gasteiger partial charge on any atom is -0.317 e. The van der Waals surface area contributed by atoms with E-state index >= 15 is 0 Å². The van der Waals surface area contributed by atoms with Gasteiger partial charge < -0.3 is 4.90 Å². The summed E-state index contributed by atoms with van der Waals surface area (Å²) in [5.74, 6) is 0.214. The SMILES string of the molecule is CC1(C)[C@H]2CC[C@@]1(C)C(=O)N(C[NH+]1CCCCCC1)C2=O. The quantitative estimate of drug-likeness (QED) is 0.778. The minimum atomic E-state index is -0.350. The van der Waals surface area contributed by atoms with E-state index in [0.29, 0.717) is 6.67 Å². The van der Waals surface area contributed by atoms with E-state index in [2.05, 4.69) is 20.8 Å². The van der Waals surface area contributed by atoms with Gasteiger partial charge in [0.15, 0.2) is 6.67 Å². The van der Waals surface area contributed by atoms with Gasteiger partial charge in [-0.3, -0.25) is 9.59 Å². The van der Waals surface area contributed by atoms with Crippen LogP contribution < -0.4 is 4.90 Å². The summed E-state index contributed by atoms with van der Waals surface area (Å²) in [7, 11) is 0. The standard InChI is InChI=1S/C17H28N2O2/c1-16(2)13-8-9-17(16,3)15(21)19(14(13)20)12-18-10-6-4-5-7-11-18/h13H,4-12H2,1-3H3/p+1/t13-,17-/m0/s1. The van der Waals surface area contributed by atoms with Crippen LogP contribution in [0.15, 0.2) is 0 Å². The molecule has 0 aromatic carbocycles. The van der Waals surface area contributed by atoms with E-state index in [1.165, 1.54) is 30.6 Å². The highest BCUT2D eigenvalue weighted by molar-refractivity contribution is 6.03. The number of piperidine rings is 1. The predicted octanol–water partition coefficient (Wildman–Crippen LogP) is 1.21. The maximum atomic E-state index is 13.0. The summed E-state index contributed by atoms with van der Waals surface area (Å²) in [6.07, 6.45) is 6.76. The van der Waals surface area contributed by atoms with E-state index in [4.69, 9.17) is 0 Å². The second kappa shape index (κ2) is 5.08. The van der Waals surface area contributed by atoms with Crippen molar-refractivity contribution in [2.45, 2.75) is 59.3 Å². The first-order valence-corrected chi connectivity index (χ1v) is 8.57. The van der Waals surface area contributed by atoms with Crippen LogP contribution in [0.3, 0.4) is 0 Å². The zero-order valence-electron chi connectivity index (χ0n) is 13.7. The van der Waals surface area contributed by atoms with Crippen molar-refractivity contribution in [1.29, 1.82) is 0 Å². The van der Waals surface area contributed by atoms with Gasteiger partial charge in [-0.15, -0.1) is 0 Å². The Hall–Kier alpha value is -0.900. The maximum absolute atomic E-state index is 13.0. The molecule has 0 spiro atoms. The van der Waals surface area contributed by atoms with Crippen molar-refractivity contribution in [3.63, 3.8) is 0 Å². The van der Waals surface area contributed by atoms with Gasteiger partial charge in [-0.2, -0.15) is 0 Å². The van der Waals surface area contributed by atoms with Crippen LogP contribution in [-0.2, 0) is 9.59 Å². The van der Waals surface area contributed by atoms with Crippen molar-refractivity contribution in [1.82, 2.24) is 4.90 Å². The lowest BCUT2D eigenvalue weighted by Gasteiger charge is -2.47. The van der Waals surface area contributed by atoms with Gasteiger partial charge in [0.05, 0.1) is 18.5 Å². The largest absolute Gasteiger partial charge is 0.317 e. The first kappa shape index (κ1) is 15.0. The molecule has 4 heteroatoms. The number of hydrogen-bond donors (Lipinski definition) is 1. The van der Waals surface area contributed by atoms with Gasteiger partial charge in [-0.1, -0.05) is 20.8 Å². The second-order valence-electron chi connectivity index (χ2n) is 8.04. The molecular formula is C17H29N2O2+. The van der Waals surface area contributed by atoms with Crippen LogP contribution in [0, 0.1) is 16.7 Å². The highest BCUT2D eigenvalue weighted by Gasteiger charge is 2.64. The van der Waals surface area contributed by atoms with Gasteiger partial charge >= 0.3 is 0 Å². The topological polar surface area (TPSA) is 41.8 Å². The Kier molecular flexibility index (Phi) is 3.63. The molecule has 2 bridgehead atoms. The fraction of sp³-hybridized carbons (Fsp3) is 0.882. The van der Waals surface area contributed by atoms with Crippen LogP contribution >= 0.6 is 0 Å². The number of fused-ring (bicyclic) bond motifs is 2. The van der Waals surface area contributed by atoms with Crippen molar-refractivity contribution in [3.8, 4) is 0 Å². The molecule has 4 nitrogen and oxygen atoms in total. The first-order valence-electron chi connectivity index (χ1n) is 8.57. The monoisotopic (exact) mass is 293 g/mol. The zero-order valence-corrected chi connectivity index (χ0v) is 13.7. The van der Waals surface area contributed by atoms with Crippen molar-refractivity contribution >= 4 is 11.8 Å². The number of imide groups is 1. The summed E-state index contributed by atoms with van der Waals surface area (Å²) in [6, 6.07) is 0. The maximum Gasteiger partial charge on any atom is 0.240 e. The van der Waals surface area contributed by atoms with Crippen molar-refractivity contribution < 1.29 is 14.5 Å². The lowest BCUT2D eigenvalue weighted by molar-refractivity contribution is -0.906. The van der Waals surface area contributed by atoms with Crippen LogP contribution in [0.2, 0.25) is 0 Å². The molecule has 0 aromatic rings. The third-order valence-electron chi connectivity index (χ3n) is 6.70. The number of quaternary nitrogens is 1. The van der Waals surface area contributed by atoms with Crippen LogP contribution in [0.4, 0.5) is 0 Å². The van der Waals surface area contributed by atoms with Gasteiger partial charge in [0.1, 0.15) is 0 Å². The Balaban J connectivity index is 1.80. The fourth-order valence-electron chi connectivity index (χ4n) is 4.66. The van der Waals surface area contributed by atoms with E-state index in [9.17, 15) is 9.59 Å². The normalized spacial score (nSPS) is 36.9. The Morgan fingerprint density at radius 2 is 1.71 bits per heavy atom. The zero-order chi connectivity index (χ0) is 15.3. The van der Waals surface area contributed by atoms with Crippen molar-refractivity contribution in [2.24, 2.45) is 16.7 Å². The summed E-state index contributed by atoms with van der Waals surface area (Å²) >= 11 is 0. The molecule has 2 amide bonds. The molecular weight excluding hydrogens is 264 g/mol. The van der Waals surface area contributed by atoms with Gasteiger partial charge in [0.25, 0.3) is 0 Å². The number of nitrogens with zero attached hydrogens (tertiary/aromatic N) is 1. The first-order chi connectivity index (χ1) is 9.88. The molecule has 21 heavy (non-hydrogen) atoms. The van der Waals surface area contributed by atoms with Crippen molar-refractivity contribution in [3.05, 3.63) is 0 Å². The van der Waals surface area contributed by atoms with Crippen LogP contribution in [0.25, 0.3) is 0 Å². The molecule has 3 fully saturated rings. The molecule has 3 rings (SSSR count). The Labute approximate surface area is 127 Å². The van der Waals surface area contributed by atoms with Gasteiger partial charge in [-0.25, -0.2) is 4.90 Å². The summed E-state index contributed by atoms with van der Waals surface area (Å²) in [4.78, 5) is 28.8. The molecule has 2 aliphatic heterocycles. The van der Waals surface area contributed by atoms with Gasteiger partial charge in [-0.05, 0) is 43.9 Å². The molecule has 1 saturated carbocycles. The molecule has 1 N–H and O–H groups in total. The molecule has 118 valence electrons. The predicted molar refractivity (Wildman–Crippen MR) is 80.5 cm³/mol. The van der Waals surface area contributed by atoms with Crippen LogP contribution in [0.1, 0.15) is 59.3 Å². The minimum absolute atomic E-state index is 0.0339. The third kappa shape index (κ3) is 2.14. The highest BCUT2D eigenvalue weighted by Crippen LogP contribution is 2.59. The molecule has 2 heterocycles. The number of nitrogens with one attached hydrogen (secondary N) is 1. The number of rotatable bonds is 2. The number of likely N-dealkylation sites (tertiary alicyclic amines) is 2. The second-order valence-corrected chi connectivity index (χ2v) is 8.04. The summed E-state index contributed by atoms with van der Waals surface area (Å²) in [5.41, 5.74) is -0.539. The number of carbonyl (C=O) groups excluding carboxylic acids is 2. The lowest BCUT2D eigenvalue weighted by atomic mass is 9.62. The van der Waals surface area contributed by atoms with E-state index in [-0.39, 0.29) is 28.6 Å². The Bertz CT molecular complexity index is 452. The van der Waals surface area contributed by atoms with Crippen LogP contribution in [-0.4, -0.2) is 36.5 Å². The number of hydrogen-bond acceptors (Lipinski definition) is 2. The molecule has 3 aliphatic rings. The molecule has 0 aromatic heterocycles. The van der Waals surface area contributed by atoms with E-state index in [1.54, 1.807) is 4.90 Å². The van der Waals surface area contributed by atoms with E-state index in [0.717, 1.165) is 25.9 Å². The summed E-state index contributed by atoms with van der Waals surface area (Å²) < 4.78 is 0. The summed E-state index contributed by atoms with van der Waals surface area (Å²) in [6.45, 7) is 9.09. The van der Waals surface area contributed by atoms with E-state index < -0.39 is 0 Å². The Morgan fingerprint density at radius 1 is 1.10 bits per heavy atom. The molecule has 2 atom stereocenters. The Morgan fingerprint density at radius 3 is 2.33 bits per heavy atom. The summed E-state index contributed by atoms with van der Waals surface area (Å²) in [5, 5.41) is 0. The average Bonchev–Trinajstić information content (AvgIpc) is 2.64. The lowest BCUT2D eigenvalue weighted by Crippen LogP contribution is -3.13. The molecule has 0 radical (unpaired) electrons. The van der Waals surface area contributed by atoms with Crippen molar-refractivity contribution in [2.75, 3.05) is 19.8 Å². The molecule has 2 saturated heterocycles. The van der Waals surface area contributed by atoms with E-state index in [1.807, 2.05) is 0 Å². The fourth-order valence-corrected chi connectivity index (χ4v) is 4.66. The number of carbonyl (C=O) groups is 2. The molecule has 1 aliphatic carbocycles. The van der Waals surface area contributed by atoms with Crippen LogP contribution in [0.5, 0.6) is 0 Å². The number of amides is 2. The third-order valence-corrected chi connectivity index (χ3v) is 6.70. The van der Waals surface area contributed by atoms with Gasteiger partial charge in [0, 0.05) is 5.92 Å². The smallest absolute Gasteiger partial charge is 0.240 e. The molecule has 0 unspecified atom stereocenters. The average molecular weight is 293 g/mol. The highest BCUT2D eigenvalue weighted by atomic mass is 16.2. The van der Waals surface area contributed by atoms with Gasteiger partial charge in [0.2, 0.25) is 11.8 Å².